The van der Waals surface area contributed by atoms with Crippen molar-refractivity contribution in [3.63, 3.8) is 0 Å². The molecule has 3 unspecified atom stereocenters. The average Bonchev–Trinajstić information content (AvgIpc) is 3.36. The van der Waals surface area contributed by atoms with E-state index in [1.165, 1.54) is 30.6 Å². The first-order valence-electron chi connectivity index (χ1n) is 8.55. The number of piperidine rings is 1. The van der Waals surface area contributed by atoms with Crippen molar-refractivity contribution >= 4 is 27.3 Å². The Morgan fingerprint density at radius 1 is 1.25 bits per heavy atom. The topological polar surface area (TPSA) is 79.4 Å². The minimum Gasteiger partial charge on any atom is -0.335 e. The lowest BCUT2D eigenvalue weighted by Crippen LogP contribution is -2.47. The molecule has 2 aromatic rings. The highest BCUT2D eigenvalue weighted by molar-refractivity contribution is 7.89. The molecule has 2 aliphatic rings. The van der Waals surface area contributed by atoms with Gasteiger partial charge in [0.1, 0.15) is 9.77 Å². The Morgan fingerprint density at radius 3 is 2.61 bits per heavy atom. The first-order valence-corrected chi connectivity index (χ1v) is 10.9. The third-order valence-corrected chi connectivity index (χ3v) is 7.74. The summed E-state index contributed by atoms with van der Waals surface area (Å²) in [4.78, 5) is 17.3. The minimum atomic E-state index is -4.47. The third-order valence-electron chi connectivity index (χ3n) is 5.15. The van der Waals surface area contributed by atoms with E-state index in [1.54, 1.807) is 4.90 Å². The second-order valence-corrected chi connectivity index (χ2v) is 9.72. The summed E-state index contributed by atoms with van der Waals surface area (Å²) in [6.07, 6.45) is -0.658. The van der Waals surface area contributed by atoms with Crippen molar-refractivity contribution in [3.05, 3.63) is 46.4 Å². The van der Waals surface area contributed by atoms with Crippen LogP contribution < -0.4 is 4.72 Å². The fraction of sp³-hybridized carbons (Fsp3) is 0.412. The maximum atomic E-state index is 12.8. The number of thiophene rings is 1. The SMILES string of the molecule is O=C(c1ccc(C(F)(F)F)s1)N1CC2CC1CC2NS(=O)(=O)c1cccnc1. The molecule has 1 N–H and O–H groups in total. The van der Waals surface area contributed by atoms with Crippen LogP contribution in [0.3, 0.4) is 0 Å². The fourth-order valence-corrected chi connectivity index (χ4v) is 5.98. The molecule has 2 bridgehead atoms. The zero-order valence-electron chi connectivity index (χ0n) is 14.4. The van der Waals surface area contributed by atoms with Gasteiger partial charge >= 0.3 is 6.18 Å². The molecule has 1 amide bonds. The van der Waals surface area contributed by atoms with E-state index in [2.05, 4.69) is 9.71 Å². The van der Waals surface area contributed by atoms with Gasteiger partial charge in [-0.25, -0.2) is 13.1 Å². The van der Waals surface area contributed by atoms with Gasteiger partial charge in [-0.15, -0.1) is 11.3 Å². The molecule has 3 atom stereocenters. The molecule has 1 aliphatic carbocycles. The molecular formula is C17H16F3N3O3S2. The molecular weight excluding hydrogens is 415 g/mol. The Kier molecular flexibility index (Phi) is 4.71. The Hall–Kier alpha value is -1.98. The van der Waals surface area contributed by atoms with E-state index in [1.807, 2.05) is 0 Å². The number of amides is 1. The number of alkyl halides is 3. The molecule has 0 aromatic carbocycles. The number of nitrogens with one attached hydrogen (secondary N) is 1. The van der Waals surface area contributed by atoms with Gasteiger partial charge in [0, 0.05) is 31.0 Å². The van der Waals surface area contributed by atoms with Gasteiger partial charge in [0.25, 0.3) is 5.91 Å². The number of pyridine rings is 1. The molecule has 2 aromatic heterocycles. The summed E-state index contributed by atoms with van der Waals surface area (Å²) < 4.78 is 65.9. The zero-order chi connectivity index (χ0) is 20.1. The molecule has 6 nitrogen and oxygen atoms in total. The first kappa shape index (κ1) is 19.3. The molecule has 4 rings (SSSR count). The standard InChI is InChI=1S/C17H16F3N3O3S2/c18-17(19,20)15-4-3-14(27-15)16(24)23-9-10-6-11(23)7-13(10)22-28(25,26)12-2-1-5-21-8-12/h1-5,8,10-11,13,22H,6-7,9H2. The monoisotopic (exact) mass is 431 g/mol. The number of carbonyl (C=O) groups is 1. The van der Waals surface area contributed by atoms with E-state index in [9.17, 15) is 26.4 Å². The minimum absolute atomic E-state index is 0.0485. The number of halogens is 3. The van der Waals surface area contributed by atoms with Gasteiger partial charge in [-0.1, -0.05) is 0 Å². The van der Waals surface area contributed by atoms with Gasteiger partial charge in [0.15, 0.2) is 0 Å². The molecule has 0 radical (unpaired) electrons. The predicted molar refractivity (Wildman–Crippen MR) is 95.2 cm³/mol. The number of aromatic nitrogens is 1. The van der Waals surface area contributed by atoms with Crippen molar-refractivity contribution in [2.24, 2.45) is 5.92 Å². The average molecular weight is 431 g/mol. The van der Waals surface area contributed by atoms with Crippen molar-refractivity contribution in [2.45, 2.75) is 36.0 Å². The number of sulfonamides is 1. The van der Waals surface area contributed by atoms with Gasteiger partial charge in [-0.2, -0.15) is 13.2 Å². The van der Waals surface area contributed by atoms with E-state index in [0.717, 1.165) is 6.07 Å². The quantitative estimate of drug-likeness (QED) is 0.808. The summed E-state index contributed by atoms with van der Waals surface area (Å²) in [5.74, 6) is -0.496. The molecule has 150 valence electrons. The van der Waals surface area contributed by atoms with Crippen LogP contribution in [0.15, 0.2) is 41.6 Å². The van der Waals surface area contributed by atoms with Gasteiger partial charge < -0.3 is 4.90 Å². The number of carbonyl (C=O) groups excluding carboxylic acids is 1. The fourth-order valence-electron chi connectivity index (χ4n) is 3.87. The lowest BCUT2D eigenvalue weighted by atomic mass is 10.0. The van der Waals surface area contributed by atoms with Crippen molar-refractivity contribution in [2.75, 3.05) is 6.54 Å². The van der Waals surface area contributed by atoms with E-state index in [4.69, 9.17) is 0 Å². The second-order valence-electron chi connectivity index (χ2n) is 6.92. The summed E-state index contributed by atoms with van der Waals surface area (Å²) in [6, 6.07) is 4.60. The lowest BCUT2D eigenvalue weighted by Gasteiger charge is -2.31. The maximum absolute atomic E-state index is 12.8. The number of rotatable bonds is 4. The molecule has 1 saturated carbocycles. The van der Waals surface area contributed by atoms with Crippen LogP contribution in [0.25, 0.3) is 0 Å². The van der Waals surface area contributed by atoms with Crippen LogP contribution in [0.2, 0.25) is 0 Å². The Morgan fingerprint density at radius 2 is 2.04 bits per heavy atom. The summed E-state index contributed by atoms with van der Waals surface area (Å²) in [5.41, 5.74) is 0. The summed E-state index contributed by atoms with van der Waals surface area (Å²) >= 11 is 0.436. The molecule has 11 heteroatoms. The van der Waals surface area contributed by atoms with Crippen molar-refractivity contribution in [1.82, 2.24) is 14.6 Å². The first-order chi connectivity index (χ1) is 13.1. The van der Waals surface area contributed by atoms with Crippen LogP contribution in [0.1, 0.15) is 27.4 Å². The molecule has 3 heterocycles. The van der Waals surface area contributed by atoms with Crippen LogP contribution in [0.4, 0.5) is 13.2 Å². The Labute approximate surface area is 163 Å². The summed E-state index contributed by atoms with van der Waals surface area (Å²) in [5, 5.41) is 0. The van der Waals surface area contributed by atoms with E-state index in [0.29, 0.717) is 30.7 Å². The highest BCUT2D eigenvalue weighted by atomic mass is 32.2. The number of fused-ring (bicyclic) bond motifs is 2. The maximum Gasteiger partial charge on any atom is 0.425 e. The predicted octanol–water partition coefficient (Wildman–Crippen LogP) is 2.74. The molecule has 1 saturated heterocycles. The van der Waals surface area contributed by atoms with Crippen LogP contribution >= 0.6 is 11.3 Å². The Balaban J connectivity index is 1.43. The van der Waals surface area contributed by atoms with Gasteiger partial charge in [0.05, 0.1) is 4.88 Å². The van der Waals surface area contributed by atoms with Crippen LogP contribution in [-0.4, -0.2) is 42.8 Å². The van der Waals surface area contributed by atoms with E-state index < -0.39 is 27.0 Å². The van der Waals surface area contributed by atoms with Gasteiger partial charge in [0.2, 0.25) is 10.0 Å². The smallest absolute Gasteiger partial charge is 0.335 e. The largest absolute Gasteiger partial charge is 0.425 e. The number of likely N-dealkylation sites (tertiary alicyclic amines) is 1. The second kappa shape index (κ2) is 6.82. The molecule has 0 spiro atoms. The van der Waals surface area contributed by atoms with Crippen LogP contribution in [0.5, 0.6) is 0 Å². The van der Waals surface area contributed by atoms with Gasteiger partial charge in [-0.05, 0) is 43.0 Å². The van der Waals surface area contributed by atoms with Crippen molar-refractivity contribution in [1.29, 1.82) is 0 Å². The summed E-state index contributed by atoms with van der Waals surface area (Å²) in [7, 11) is -3.71. The molecule has 28 heavy (non-hydrogen) atoms. The summed E-state index contributed by atoms with van der Waals surface area (Å²) in [6.45, 7) is 0.322. The van der Waals surface area contributed by atoms with Crippen LogP contribution in [-0.2, 0) is 16.2 Å². The van der Waals surface area contributed by atoms with Gasteiger partial charge in [-0.3, -0.25) is 9.78 Å². The number of hydrogen-bond acceptors (Lipinski definition) is 5. The highest BCUT2D eigenvalue weighted by Gasteiger charge is 2.48. The van der Waals surface area contributed by atoms with Crippen molar-refractivity contribution in [3.8, 4) is 0 Å². The highest BCUT2D eigenvalue weighted by Crippen LogP contribution is 2.41. The normalized spacial score (nSPS) is 24.7. The molecule has 1 aliphatic heterocycles. The van der Waals surface area contributed by atoms with E-state index >= 15 is 0 Å². The Bertz CT molecular complexity index is 992. The number of hydrogen-bond donors (Lipinski definition) is 1. The van der Waals surface area contributed by atoms with Crippen LogP contribution in [0, 0.1) is 5.92 Å². The van der Waals surface area contributed by atoms with Crippen molar-refractivity contribution < 1.29 is 26.4 Å². The zero-order valence-corrected chi connectivity index (χ0v) is 16.0. The number of nitrogens with zero attached hydrogens (tertiary/aromatic N) is 2. The third kappa shape index (κ3) is 3.53. The lowest BCUT2D eigenvalue weighted by molar-refractivity contribution is -0.134. The van der Waals surface area contributed by atoms with E-state index in [-0.39, 0.29) is 27.8 Å². The molecule has 2 fully saturated rings.